The van der Waals surface area contributed by atoms with E-state index in [1.54, 1.807) is 0 Å². The standard InChI is InChI=1S/C27H25N7O2/c28-16-27(12-13-27)26(35)33-14-4-5-19(15-33)34-25-22(24(29)30-17-31-25)23(32-34)18-8-10-21(11-9-18)36-20-6-2-1-3-7-20/h1-3,6-11,17,19H,4-5,12-15H2,(H2,29,30,31)/t19-/m1/s1. The molecular weight excluding hydrogens is 454 g/mol. The average molecular weight is 480 g/mol. The van der Waals surface area contributed by atoms with Crippen molar-refractivity contribution in [3.8, 4) is 28.8 Å². The van der Waals surface area contributed by atoms with Crippen LogP contribution in [0.5, 0.6) is 11.5 Å². The molecule has 0 spiro atoms. The van der Waals surface area contributed by atoms with Crippen LogP contribution in [-0.2, 0) is 4.79 Å². The summed E-state index contributed by atoms with van der Waals surface area (Å²) in [5, 5.41) is 15.1. The molecule has 1 aliphatic heterocycles. The predicted molar refractivity (Wildman–Crippen MR) is 134 cm³/mol. The fourth-order valence-corrected chi connectivity index (χ4v) is 4.90. The molecule has 1 saturated carbocycles. The third-order valence-electron chi connectivity index (χ3n) is 7.03. The molecule has 0 unspecified atom stereocenters. The van der Waals surface area contributed by atoms with Gasteiger partial charge >= 0.3 is 0 Å². The molecule has 1 amide bonds. The molecule has 1 atom stereocenters. The quantitative estimate of drug-likeness (QED) is 0.452. The van der Waals surface area contributed by atoms with E-state index in [-0.39, 0.29) is 11.9 Å². The van der Waals surface area contributed by atoms with Crippen molar-refractivity contribution in [3.05, 3.63) is 60.9 Å². The maximum Gasteiger partial charge on any atom is 0.243 e. The number of hydrogen-bond donors (Lipinski definition) is 1. The van der Waals surface area contributed by atoms with Crippen molar-refractivity contribution in [3.63, 3.8) is 0 Å². The summed E-state index contributed by atoms with van der Waals surface area (Å²) in [6.45, 7) is 1.15. The molecule has 180 valence electrons. The number of hydrogen-bond acceptors (Lipinski definition) is 7. The predicted octanol–water partition coefficient (Wildman–Crippen LogP) is 4.34. The van der Waals surface area contributed by atoms with Gasteiger partial charge in [-0.1, -0.05) is 18.2 Å². The van der Waals surface area contributed by atoms with E-state index in [4.69, 9.17) is 15.6 Å². The maximum atomic E-state index is 13.0. The highest BCUT2D eigenvalue weighted by Crippen LogP contribution is 2.47. The van der Waals surface area contributed by atoms with Crippen molar-refractivity contribution in [2.24, 2.45) is 5.41 Å². The van der Waals surface area contributed by atoms with Crippen molar-refractivity contribution in [2.45, 2.75) is 31.7 Å². The van der Waals surface area contributed by atoms with Crippen molar-refractivity contribution < 1.29 is 9.53 Å². The highest BCUT2D eigenvalue weighted by atomic mass is 16.5. The van der Waals surface area contributed by atoms with Crippen LogP contribution in [-0.4, -0.2) is 43.6 Å². The minimum absolute atomic E-state index is 0.0606. The molecule has 9 heteroatoms. The number of nitrogens with zero attached hydrogens (tertiary/aromatic N) is 6. The number of nitrogen functional groups attached to an aromatic ring is 1. The van der Waals surface area contributed by atoms with Crippen molar-refractivity contribution in [1.29, 1.82) is 5.26 Å². The number of benzene rings is 2. The summed E-state index contributed by atoms with van der Waals surface area (Å²) in [6.07, 6.45) is 4.42. The van der Waals surface area contributed by atoms with Crippen LogP contribution in [0.2, 0.25) is 0 Å². The minimum Gasteiger partial charge on any atom is -0.457 e. The molecule has 1 saturated heterocycles. The lowest BCUT2D eigenvalue weighted by atomic mass is 10.0. The number of anilines is 1. The number of carbonyl (C=O) groups excluding carboxylic acids is 1. The lowest BCUT2D eigenvalue weighted by Crippen LogP contribution is -2.44. The second kappa shape index (κ2) is 8.64. The van der Waals surface area contributed by atoms with Gasteiger partial charge in [0.2, 0.25) is 5.91 Å². The summed E-state index contributed by atoms with van der Waals surface area (Å²) in [5.41, 5.74) is 7.67. The van der Waals surface area contributed by atoms with Crippen LogP contribution in [0.25, 0.3) is 22.3 Å². The van der Waals surface area contributed by atoms with Gasteiger partial charge in [-0.2, -0.15) is 10.4 Å². The van der Waals surface area contributed by atoms with Crippen LogP contribution in [0, 0.1) is 16.7 Å². The molecule has 9 nitrogen and oxygen atoms in total. The van der Waals surface area contributed by atoms with Crippen LogP contribution >= 0.6 is 0 Å². The fraction of sp³-hybridized carbons (Fsp3) is 0.296. The van der Waals surface area contributed by atoms with E-state index in [9.17, 15) is 10.1 Å². The van der Waals surface area contributed by atoms with E-state index in [0.717, 1.165) is 24.2 Å². The summed E-state index contributed by atoms with van der Waals surface area (Å²) in [5.74, 6) is 1.77. The van der Waals surface area contributed by atoms with Crippen LogP contribution in [0.3, 0.4) is 0 Å². The van der Waals surface area contributed by atoms with E-state index in [1.165, 1.54) is 6.33 Å². The molecule has 0 bridgehead atoms. The Kier molecular flexibility index (Phi) is 5.29. The number of ether oxygens (including phenoxy) is 1. The van der Waals surface area contributed by atoms with Gasteiger partial charge in [0, 0.05) is 18.7 Å². The molecule has 0 radical (unpaired) electrons. The van der Waals surface area contributed by atoms with E-state index in [0.29, 0.717) is 54.2 Å². The van der Waals surface area contributed by atoms with Gasteiger partial charge in [0.1, 0.15) is 34.8 Å². The largest absolute Gasteiger partial charge is 0.457 e. The normalized spacial score (nSPS) is 18.5. The Labute approximate surface area is 208 Å². The summed E-state index contributed by atoms with van der Waals surface area (Å²) >= 11 is 0. The smallest absolute Gasteiger partial charge is 0.243 e. The second-order valence-corrected chi connectivity index (χ2v) is 9.43. The van der Waals surface area contributed by atoms with Gasteiger partial charge in [0.15, 0.2) is 5.65 Å². The van der Waals surface area contributed by atoms with Crippen LogP contribution in [0.1, 0.15) is 31.7 Å². The summed E-state index contributed by atoms with van der Waals surface area (Å²) < 4.78 is 7.80. The molecule has 2 aromatic heterocycles. The average Bonchev–Trinajstić information content (AvgIpc) is 3.63. The minimum atomic E-state index is -0.824. The van der Waals surface area contributed by atoms with Gasteiger partial charge in [-0.25, -0.2) is 14.6 Å². The number of para-hydroxylation sites is 1. The van der Waals surface area contributed by atoms with E-state index < -0.39 is 5.41 Å². The van der Waals surface area contributed by atoms with Crippen molar-refractivity contribution in [2.75, 3.05) is 18.8 Å². The molecular formula is C27H25N7O2. The monoisotopic (exact) mass is 479 g/mol. The lowest BCUT2D eigenvalue weighted by molar-refractivity contribution is -0.136. The maximum absolute atomic E-state index is 13.0. The number of amides is 1. The summed E-state index contributed by atoms with van der Waals surface area (Å²) in [7, 11) is 0. The van der Waals surface area contributed by atoms with Gasteiger partial charge in [0.25, 0.3) is 0 Å². The molecule has 2 fully saturated rings. The second-order valence-electron chi connectivity index (χ2n) is 9.43. The number of carbonyl (C=O) groups is 1. The third kappa shape index (κ3) is 3.81. The van der Waals surface area contributed by atoms with E-state index >= 15 is 0 Å². The first-order chi connectivity index (χ1) is 17.6. The number of fused-ring (bicyclic) bond motifs is 1. The fourth-order valence-electron chi connectivity index (χ4n) is 4.90. The number of likely N-dealkylation sites (tertiary alicyclic amines) is 1. The molecule has 6 rings (SSSR count). The molecule has 3 heterocycles. The van der Waals surface area contributed by atoms with Gasteiger partial charge in [-0.15, -0.1) is 0 Å². The molecule has 2 aromatic carbocycles. The van der Waals surface area contributed by atoms with Gasteiger partial charge in [-0.05, 0) is 62.1 Å². The van der Waals surface area contributed by atoms with E-state index in [1.807, 2.05) is 64.2 Å². The molecule has 36 heavy (non-hydrogen) atoms. The van der Waals surface area contributed by atoms with Crippen molar-refractivity contribution in [1.82, 2.24) is 24.6 Å². The first-order valence-electron chi connectivity index (χ1n) is 12.1. The Hall–Kier alpha value is -4.45. The van der Waals surface area contributed by atoms with Crippen LogP contribution in [0.4, 0.5) is 5.82 Å². The zero-order valence-corrected chi connectivity index (χ0v) is 19.7. The van der Waals surface area contributed by atoms with Gasteiger partial charge < -0.3 is 15.4 Å². The van der Waals surface area contributed by atoms with Crippen LogP contribution in [0.15, 0.2) is 60.9 Å². The van der Waals surface area contributed by atoms with Gasteiger partial charge in [0.05, 0.1) is 17.5 Å². The zero-order chi connectivity index (χ0) is 24.7. The Morgan fingerprint density at radius 2 is 1.83 bits per heavy atom. The number of nitriles is 1. The van der Waals surface area contributed by atoms with E-state index in [2.05, 4.69) is 16.0 Å². The molecule has 4 aromatic rings. The zero-order valence-electron chi connectivity index (χ0n) is 19.7. The SMILES string of the molecule is N#CC1(C(=O)N2CCC[C@@H](n3nc(-c4ccc(Oc5ccccc5)cc4)c4c(N)ncnc43)C2)CC1. The Bertz CT molecular complexity index is 1470. The van der Waals surface area contributed by atoms with Crippen LogP contribution < -0.4 is 10.5 Å². The highest BCUT2D eigenvalue weighted by Gasteiger charge is 2.53. The first kappa shape index (κ1) is 22.0. The molecule has 1 aliphatic carbocycles. The molecule has 2 aliphatic rings. The third-order valence-corrected chi connectivity index (χ3v) is 7.03. The number of nitrogens with two attached hydrogens (primary N) is 1. The topological polar surface area (TPSA) is 123 Å². The lowest BCUT2D eigenvalue weighted by Gasteiger charge is -2.34. The number of rotatable bonds is 5. The summed E-state index contributed by atoms with van der Waals surface area (Å²) in [4.78, 5) is 23.6. The number of piperidine rings is 1. The highest BCUT2D eigenvalue weighted by molar-refractivity contribution is 5.98. The Morgan fingerprint density at radius 1 is 1.08 bits per heavy atom. The Balaban J connectivity index is 1.32. The van der Waals surface area contributed by atoms with Crippen molar-refractivity contribution >= 4 is 22.8 Å². The summed E-state index contributed by atoms with van der Waals surface area (Å²) in [6, 6.07) is 19.4. The van der Waals surface area contributed by atoms with Gasteiger partial charge in [-0.3, -0.25) is 4.79 Å². The molecule has 2 N–H and O–H groups in total. The number of aromatic nitrogens is 4. The first-order valence-corrected chi connectivity index (χ1v) is 12.1. The Morgan fingerprint density at radius 3 is 2.56 bits per heavy atom.